The molecular weight excluding hydrogens is 275 g/mol. The van der Waals surface area contributed by atoms with Gasteiger partial charge in [-0.25, -0.2) is 4.79 Å². The van der Waals surface area contributed by atoms with Crippen LogP contribution in [0, 0.1) is 0 Å². The lowest BCUT2D eigenvalue weighted by molar-refractivity contribution is -0.137. The Morgan fingerprint density at radius 3 is 2.80 bits per heavy atom. The molecule has 1 fully saturated rings. The largest absolute Gasteiger partial charge is 0.439 e. The Morgan fingerprint density at radius 1 is 1.40 bits per heavy atom. The first-order valence-corrected chi connectivity index (χ1v) is 6.15. The highest BCUT2D eigenvalue weighted by atomic mass is 19.4. The van der Waals surface area contributed by atoms with Gasteiger partial charge in [0.05, 0.1) is 12.1 Å². The van der Waals surface area contributed by atoms with Gasteiger partial charge in [0, 0.05) is 13.2 Å². The summed E-state index contributed by atoms with van der Waals surface area (Å²) in [5.74, 6) is 0. The van der Waals surface area contributed by atoms with Crippen LogP contribution in [0.3, 0.4) is 0 Å². The van der Waals surface area contributed by atoms with E-state index in [2.05, 4.69) is 0 Å². The number of nitrogens with zero attached hydrogens (tertiary/aromatic N) is 1. The molecule has 20 heavy (non-hydrogen) atoms. The smallest absolute Gasteiger partial charge is 0.416 e. The highest BCUT2D eigenvalue weighted by Crippen LogP contribution is 2.33. The van der Waals surface area contributed by atoms with Crippen molar-refractivity contribution in [1.82, 2.24) is 4.90 Å². The zero-order valence-electron chi connectivity index (χ0n) is 10.6. The van der Waals surface area contributed by atoms with Crippen LogP contribution in [0.25, 0.3) is 0 Å². The van der Waals surface area contributed by atoms with E-state index < -0.39 is 23.9 Å². The first-order chi connectivity index (χ1) is 9.41. The number of alkyl halides is 3. The molecule has 0 bridgehead atoms. The van der Waals surface area contributed by atoms with Crippen LogP contribution in [-0.2, 0) is 10.9 Å². The van der Waals surface area contributed by atoms with Crippen molar-refractivity contribution >= 4 is 6.09 Å². The molecule has 1 aromatic carbocycles. The number of cyclic esters (lactones) is 1. The molecule has 2 rings (SSSR count). The van der Waals surface area contributed by atoms with Crippen LogP contribution in [0.1, 0.15) is 23.7 Å². The number of benzene rings is 1. The van der Waals surface area contributed by atoms with Crippen LogP contribution in [0.5, 0.6) is 0 Å². The fourth-order valence-electron chi connectivity index (χ4n) is 2.04. The van der Waals surface area contributed by atoms with Crippen LogP contribution < -0.4 is 0 Å². The van der Waals surface area contributed by atoms with E-state index in [1.165, 1.54) is 17.0 Å². The quantitative estimate of drug-likeness (QED) is 0.927. The lowest BCUT2D eigenvalue weighted by Crippen LogP contribution is -2.26. The molecule has 1 unspecified atom stereocenters. The topological polar surface area (TPSA) is 49.8 Å². The van der Waals surface area contributed by atoms with Gasteiger partial charge in [0.25, 0.3) is 0 Å². The number of carbonyl (C=O) groups is 1. The van der Waals surface area contributed by atoms with Gasteiger partial charge in [0.2, 0.25) is 0 Å². The van der Waals surface area contributed by atoms with Crippen molar-refractivity contribution in [1.29, 1.82) is 0 Å². The number of aliphatic hydroxyl groups is 1. The molecule has 7 heteroatoms. The SMILES string of the molecule is O=C1OC(c2cccc(C(F)(F)F)c2)CN1CCCO. The number of halogens is 3. The first kappa shape index (κ1) is 14.6. The molecule has 0 saturated carbocycles. The molecule has 110 valence electrons. The predicted octanol–water partition coefficient (Wildman–Crippen LogP) is 2.58. The Bertz CT molecular complexity index is 490. The van der Waals surface area contributed by atoms with Crippen LogP contribution in [0.4, 0.5) is 18.0 Å². The third-order valence-corrected chi connectivity index (χ3v) is 3.06. The molecule has 0 aliphatic carbocycles. The van der Waals surface area contributed by atoms with Gasteiger partial charge in [-0.2, -0.15) is 13.2 Å². The number of amides is 1. The summed E-state index contributed by atoms with van der Waals surface area (Å²) in [7, 11) is 0. The van der Waals surface area contributed by atoms with Crippen molar-refractivity contribution in [3.63, 3.8) is 0 Å². The number of hydrogen-bond donors (Lipinski definition) is 1. The van der Waals surface area contributed by atoms with Crippen LogP contribution in [0.15, 0.2) is 24.3 Å². The average Bonchev–Trinajstić information content (AvgIpc) is 2.77. The fourth-order valence-corrected chi connectivity index (χ4v) is 2.04. The number of hydrogen-bond acceptors (Lipinski definition) is 3. The molecule has 1 amide bonds. The zero-order valence-corrected chi connectivity index (χ0v) is 10.6. The third-order valence-electron chi connectivity index (χ3n) is 3.06. The number of carbonyl (C=O) groups excluding carboxylic acids is 1. The summed E-state index contributed by atoms with van der Waals surface area (Å²) in [5.41, 5.74) is -0.445. The van der Waals surface area contributed by atoms with E-state index in [-0.39, 0.29) is 13.2 Å². The van der Waals surface area contributed by atoms with Gasteiger partial charge >= 0.3 is 12.3 Å². The minimum atomic E-state index is -4.42. The second-order valence-electron chi connectivity index (χ2n) is 4.52. The molecule has 4 nitrogen and oxygen atoms in total. The van der Waals surface area contributed by atoms with Crippen molar-refractivity contribution in [2.75, 3.05) is 19.7 Å². The third kappa shape index (κ3) is 3.22. The maximum absolute atomic E-state index is 12.6. The van der Waals surface area contributed by atoms with E-state index in [4.69, 9.17) is 9.84 Å². The lowest BCUT2D eigenvalue weighted by Gasteiger charge is -2.13. The number of ether oxygens (including phenoxy) is 1. The molecule has 1 saturated heterocycles. The average molecular weight is 289 g/mol. The fraction of sp³-hybridized carbons (Fsp3) is 0.462. The molecule has 1 atom stereocenters. The summed E-state index contributed by atoms with van der Waals surface area (Å²) in [6, 6.07) is 4.77. The minimum Gasteiger partial charge on any atom is -0.439 e. The first-order valence-electron chi connectivity index (χ1n) is 6.15. The zero-order chi connectivity index (χ0) is 14.8. The highest BCUT2D eigenvalue weighted by molar-refractivity contribution is 5.70. The van der Waals surface area contributed by atoms with Crippen LogP contribution >= 0.6 is 0 Å². The van der Waals surface area contributed by atoms with Crippen molar-refractivity contribution in [3.8, 4) is 0 Å². The van der Waals surface area contributed by atoms with Crippen molar-refractivity contribution < 1.29 is 27.8 Å². The van der Waals surface area contributed by atoms with E-state index in [1.54, 1.807) is 0 Å². The summed E-state index contributed by atoms with van der Waals surface area (Å²) in [5, 5.41) is 8.72. The second-order valence-corrected chi connectivity index (χ2v) is 4.52. The summed E-state index contributed by atoms with van der Waals surface area (Å²) in [4.78, 5) is 12.9. The van der Waals surface area contributed by atoms with Gasteiger partial charge < -0.3 is 14.7 Å². The van der Waals surface area contributed by atoms with Gasteiger partial charge in [-0.15, -0.1) is 0 Å². The molecule has 1 aliphatic rings. The van der Waals surface area contributed by atoms with Gasteiger partial charge in [0.1, 0.15) is 6.10 Å². The van der Waals surface area contributed by atoms with Crippen molar-refractivity contribution in [2.45, 2.75) is 18.7 Å². The van der Waals surface area contributed by atoms with Crippen molar-refractivity contribution in [2.24, 2.45) is 0 Å². The van der Waals surface area contributed by atoms with Gasteiger partial charge in [-0.3, -0.25) is 0 Å². The molecular formula is C13H14F3NO3. The van der Waals surface area contributed by atoms with Crippen molar-refractivity contribution in [3.05, 3.63) is 35.4 Å². The Hall–Kier alpha value is -1.76. The Labute approximate surface area is 113 Å². The van der Waals surface area contributed by atoms with Crippen LogP contribution in [0.2, 0.25) is 0 Å². The van der Waals surface area contributed by atoms with Crippen LogP contribution in [-0.4, -0.2) is 35.8 Å². The summed E-state index contributed by atoms with van der Waals surface area (Å²) < 4.78 is 42.9. The van der Waals surface area contributed by atoms with E-state index in [0.717, 1.165) is 12.1 Å². The Morgan fingerprint density at radius 2 is 2.15 bits per heavy atom. The van der Waals surface area contributed by atoms with E-state index in [1.807, 2.05) is 0 Å². The molecule has 0 spiro atoms. The molecule has 0 aromatic heterocycles. The molecule has 1 aromatic rings. The monoisotopic (exact) mass is 289 g/mol. The van der Waals surface area contributed by atoms with Gasteiger partial charge in [-0.1, -0.05) is 12.1 Å². The summed E-state index contributed by atoms with van der Waals surface area (Å²) >= 11 is 0. The summed E-state index contributed by atoms with van der Waals surface area (Å²) in [6.45, 7) is 0.461. The van der Waals surface area contributed by atoms with E-state index in [9.17, 15) is 18.0 Å². The normalized spacial score (nSPS) is 19.3. The number of rotatable bonds is 4. The standard InChI is InChI=1S/C13H14F3NO3/c14-13(15,16)10-4-1-3-9(7-10)11-8-17(5-2-6-18)12(19)20-11/h1,3-4,7,11,18H,2,5-6,8H2. The lowest BCUT2D eigenvalue weighted by atomic mass is 10.1. The van der Waals surface area contributed by atoms with E-state index >= 15 is 0 Å². The van der Waals surface area contributed by atoms with E-state index in [0.29, 0.717) is 18.5 Å². The minimum absolute atomic E-state index is 0.0575. The van der Waals surface area contributed by atoms with Gasteiger partial charge in [-0.05, 0) is 24.1 Å². The molecule has 1 heterocycles. The second kappa shape index (κ2) is 5.70. The molecule has 0 radical (unpaired) electrons. The van der Waals surface area contributed by atoms with Gasteiger partial charge in [0.15, 0.2) is 0 Å². The molecule has 1 N–H and O–H groups in total. The molecule has 1 aliphatic heterocycles. The number of aliphatic hydroxyl groups excluding tert-OH is 1. The highest BCUT2D eigenvalue weighted by Gasteiger charge is 2.35. The maximum atomic E-state index is 12.6. The predicted molar refractivity (Wildman–Crippen MR) is 63.9 cm³/mol. The summed E-state index contributed by atoms with van der Waals surface area (Å²) in [6.07, 6.45) is -5.29. The Balaban J connectivity index is 2.11. The maximum Gasteiger partial charge on any atom is 0.416 e. The Kier molecular flexibility index (Phi) is 4.17.